The molecule has 0 bridgehead atoms. The number of esters is 1. The van der Waals surface area contributed by atoms with E-state index in [1.165, 1.54) is 44.9 Å². The second kappa shape index (κ2) is 17.3. The number of unbranched alkanes of at least 4 members (excludes halogenated alkanes) is 8. The minimum absolute atomic E-state index is 0.0686. The number of rotatable bonds is 17. The Balaban J connectivity index is 1.64. The van der Waals surface area contributed by atoms with E-state index in [1.807, 2.05) is 6.92 Å². The number of hydrogen-bond donors (Lipinski definition) is 1. The van der Waals surface area contributed by atoms with Crippen molar-refractivity contribution in [1.29, 1.82) is 0 Å². The van der Waals surface area contributed by atoms with E-state index >= 15 is 0 Å². The third-order valence-electron chi connectivity index (χ3n) is 5.56. The summed E-state index contributed by atoms with van der Waals surface area (Å²) in [5.41, 5.74) is 3.83. The highest BCUT2D eigenvalue weighted by atomic mass is 16.5. The van der Waals surface area contributed by atoms with Gasteiger partial charge in [-0.15, -0.1) is 0 Å². The van der Waals surface area contributed by atoms with Crippen LogP contribution in [0.25, 0.3) is 0 Å². The van der Waals surface area contributed by atoms with Gasteiger partial charge in [-0.05, 0) is 66.9 Å². The van der Waals surface area contributed by atoms with Gasteiger partial charge < -0.3 is 9.47 Å². The first-order chi connectivity index (χ1) is 17.1. The van der Waals surface area contributed by atoms with Gasteiger partial charge in [0, 0.05) is 6.42 Å². The van der Waals surface area contributed by atoms with E-state index in [0.29, 0.717) is 24.3 Å². The summed E-state index contributed by atoms with van der Waals surface area (Å²) in [4.78, 5) is 24.3. The lowest BCUT2D eigenvalue weighted by molar-refractivity contribution is -0.121. The number of benzene rings is 2. The molecule has 0 aliphatic carbocycles. The minimum atomic E-state index is -0.433. The van der Waals surface area contributed by atoms with Crippen LogP contribution < -0.4 is 14.9 Å². The lowest BCUT2D eigenvalue weighted by Gasteiger charge is -2.07. The van der Waals surface area contributed by atoms with Gasteiger partial charge in [-0.3, -0.25) is 4.79 Å². The van der Waals surface area contributed by atoms with Crippen LogP contribution in [0.3, 0.4) is 0 Å². The van der Waals surface area contributed by atoms with E-state index in [0.717, 1.165) is 30.6 Å². The van der Waals surface area contributed by atoms with Gasteiger partial charge in [-0.1, -0.05) is 65.2 Å². The van der Waals surface area contributed by atoms with Crippen LogP contribution in [-0.4, -0.2) is 24.7 Å². The second-order valence-electron chi connectivity index (χ2n) is 8.70. The highest BCUT2D eigenvalue weighted by molar-refractivity contribution is 5.91. The molecule has 0 saturated heterocycles. The minimum Gasteiger partial charge on any atom is -0.494 e. The average molecular weight is 481 g/mol. The Bertz CT molecular complexity index is 892. The summed E-state index contributed by atoms with van der Waals surface area (Å²) < 4.78 is 10.9. The van der Waals surface area contributed by atoms with Gasteiger partial charge in [0.25, 0.3) is 0 Å². The van der Waals surface area contributed by atoms with Gasteiger partial charge in [-0.25, -0.2) is 10.2 Å². The van der Waals surface area contributed by atoms with Gasteiger partial charge in [0.05, 0.1) is 18.4 Å². The Morgan fingerprint density at radius 3 is 2.00 bits per heavy atom. The van der Waals surface area contributed by atoms with E-state index in [4.69, 9.17) is 9.47 Å². The second-order valence-corrected chi connectivity index (χ2v) is 8.70. The Hall–Kier alpha value is -3.15. The number of hydrazone groups is 1. The summed E-state index contributed by atoms with van der Waals surface area (Å²) in [6.07, 6.45) is 14.0. The van der Waals surface area contributed by atoms with Crippen LogP contribution in [0.1, 0.15) is 100 Å². The first-order valence-corrected chi connectivity index (χ1v) is 13.0. The molecule has 0 atom stereocenters. The van der Waals surface area contributed by atoms with Gasteiger partial charge in [0.15, 0.2) is 0 Å². The fraction of sp³-hybridized carbons (Fsp3) is 0.483. The van der Waals surface area contributed by atoms with Crippen molar-refractivity contribution in [3.63, 3.8) is 0 Å². The van der Waals surface area contributed by atoms with Crippen molar-refractivity contribution in [2.45, 2.75) is 84.5 Å². The fourth-order valence-corrected chi connectivity index (χ4v) is 3.53. The van der Waals surface area contributed by atoms with Crippen molar-refractivity contribution >= 4 is 18.1 Å². The normalized spacial score (nSPS) is 10.9. The predicted molar refractivity (Wildman–Crippen MR) is 141 cm³/mol. The molecule has 6 heteroatoms. The Kier molecular flexibility index (Phi) is 13.9. The van der Waals surface area contributed by atoms with Gasteiger partial charge in [0.1, 0.15) is 11.5 Å². The van der Waals surface area contributed by atoms with Crippen LogP contribution in [0.4, 0.5) is 0 Å². The van der Waals surface area contributed by atoms with Gasteiger partial charge >= 0.3 is 5.97 Å². The molecule has 190 valence electrons. The summed E-state index contributed by atoms with van der Waals surface area (Å²) in [6.45, 7) is 4.91. The van der Waals surface area contributed by atoms with E-state index in [1.54, 1.807) is 54.7 Å². The first kappa shape index (κ1) is 28.1. The molecule has 2 aromatic rings. The number of carbonyl (C=O) groups excluding carboxylic acids is 2. The molecular weight excluding hydrogens is 440 g/mol. The van der Waals surface area contributed by atoms with Crippen LogP contribution in [-0.2, 0) is 4.79 Å². The molecule has 35 heavy (non-hydrogen) atoms. The fourth-order valence-electron chi connectivity index (χ4n) is 3.53. The molecule has 0 fully saturated rings. The van der Waals surface area contributed by atoms with Crippen LogP contribution >= 0.6 is 0 Å². The quantitative estimate of drug-likeness (QED) is 0.0864. The molecule has 0 aromatic heterocycles. The van der Waals surface area contributed by atoms with Crippen molar-refractivity contribution in [3.8, 4) is 11.5 Å². The summed E-state index contributed by atoms with van der Waals surface area (Å²) >= 11 is 0. The predicted octanol–water partition coefficient (Wildman–Crippen LogP) is 7.07. The average Bonchev–Trinajstić information content (AvgIpc) is 2.88. The number of nitrogens with zero attached hydrogens (tertiary/aromatic N) is 1. The smallest absolute Gasteiger partial charge is 0.343 e. The Labute approximate surface area is 210 Å². The van der Waals surface area contributed by atoms with Crippen LogP contribution in [0.2, 0.25) is 0 Å². The molecule has 0 heterocycles. The molecule has 2 rings (SSSR count). The molecule has 1 amide bonds. The topological polar surface area (TPSA) is 77.0 Å². The maximum atomic E-state index is 12.3. The van der Waals surface area contributed by atoms with Crippen LogP contribution in [0, 0.1) is 0 Å². The highest BCUT2D eigenvalue weighted by Crippen LogP contribution is 2.17. The van der Waals surface area contributed by atoms with Crippen molar-refractivity contribution < 1.29 is 19.1 Å². The van der Waals surface area contributed by atoms with Crippen molar-refractivity contribution in [1.82, 2.24) is 5.43 Å². The highest BCUT2D eigenvalue weighted by Gasteiger charge is 2.09. The molecule has 1 N–H and O–H groups in total. The van der Waals surface area contributed by atoms with E-state index in [-0.39, 0.29) is 5.91 Å². The monoisotopic (exact) mass is 480 g/mol. The molecule has 6 nitrogen and oxygen atoms in total. The lowest BCUT2D eigenvalue weighted by Crippen LogP contribution is -2.16. The standard InChI is InChI=1S/C29H40N2O4/c1-3-5-6-7-8-9-10-11-12-13-28(32)31-30-23-24-14-18-27(19-15-24)35-29(33)25-16-20-26(21-17-25)34-22-4-2/h14-21,23H,3-13,22H2,1-2H3,(H,31,32). The number of ether oxygens (including phenoxy) is 2. The molecule has 0 radical (unpaired) electrons. The van der Waals surface area contributed by atoms with Crippen LogP contribution in [0.15, 0.2) is 53.6 Å². The summed E-state index contributed by atoms with van der Waals surface area (Å²) in [7, 11) is 0. The van der Waals surface area contributed by atoms with E-state index in [9.17, 15) is 9.59 Å². The molecule has 0 aliphatic rings. The number of amides is 1. The third kappa shape index (κ3) is 12.2. The van der Waals surface area contributed by atoms with Crippen LogP contribution in [0.5, 0.6) is 11.5 Å². The Morgan fingerprint density at radius 2 is 1.37 bits per heavy atom. The van der Waals surface area contributed by atoms with Crippen molar-refractivity contribution in [3.05, 3.63) is 59.7 Å². The molecule has 2 aromatic carbocycles. The molecule has 0 saturated carbocycles. The number of hydrogen-bond acceptors (Lipinski definition) is 5. The van der Waals surface area contributed by atoms with Crippen molar-refractivity contribution in [2.24, 2.45) is 5.10 Å². The van der Waals surface area contributed by atoms with E-state index in [2.05, 4.69) is 17.5 Å². The summed E-state index contributed by atoms with van der Waals surface area (Å²) in [5.74, 6) is 0.665. The summed E-state index contributed by atoms with van der Waals surface area (Å²) in [6, 6.07) is 13.8. The zero-order valence-electron chi connectivity index (χ0n) is 21.3. The Morgan fingerprint density at radius 1 is 0.771 bits per heavy atom. The van der Waals surface area contributed by atoms with Gasteiger partial charge in [0.2, 0.25) is 5.91 Å². The summed E-state index contributed by atoms with van der Waals surface area (Å²) in [5, 5.41) is 4.02. The molecule has 0 unspecified atom stereocenters. The number of carbonyl (C=O) groups is 2. The maximum absolute atomic E-state index is 12.3. The first-order valence-electron chi connectivity index (χ1n) is 13.0. The molecule has 0 spiro atoms. The molecular formula is C29H40N2O4. The third-order valence-corrected chi connectivity index (χ3v) is 5.56. The maximum Gasteiger partial charge on any atom is 0.343 e. The lowest BCUT2D eigenvalue weighted by atomic mass is 10.1. The zero-order chi connectivity index (χ0) is 25.1. The zero-order valence-corrected chi connectivity index (χ0v) is 21.3. The largest absolute Gasteiger partial charge is 0.494 e. The van der Waals surface area contributed by atoms with E-state index < -0.39 is 5.97 Å². The number of nitrogens with one attached hydrogen (secondary N) is 1. The molecule has 0 aliphatic heterocycles. The SMILES string of the molecule is CCCCCCCCCCCC(=O)NN=Cc1ccc(OC(=O)c2ccc(OCCC)cc2)cc1. The van der Waals surface area contributed by atoms with Gasteiger partial charge in [-0.2, -0.15) is 5.10 Å². The van der Waals surface area contributed by atoms with Crippen molar-refractivity contribution in [2.75, 3.05) is 6.61 Å².